The summed E-state index contributed by atoms with van der Waals surface area (Å²) in [6.45, 7) is 1.59. The minimum atomic E-state index is -1.07. The molecule has 0 bridgehead atoms. The van der Waals surface area contributed by atoms with E-state index in [9.17, 15) is 9.59 Å². The smallest absolute Gasteiger partial charge is 0.335 e. The molecule has 6 heteroatoms. The zero-order chi connectivity index (χ0) is 15.0. The van der Waals surface area contributed by atoms with Gasteiger partial charge in [0.1, 0.15) is 0 Å². The highest BCUT2D eigenvalue weighted by Crippen LogP contribution is 2.37. The van der Waals surface area contributed by atoms with Crippen molar-refractivity contribution in [3.63, 3.8) is 0 Å². The molecule has 1 heterocycles. The molecule has 1 aromatic carbocycles. The molecular formula is C15H17ClN2O3. The van der Waals surface area contributed by atoms with E-state index >= 15 is 0 Å². The number of nitrogens with one attached hydrogen (secondary N) is 1. The summed E-state index contributed by atoms with van der Waals surface area (Å²) in [4.78, 5) is 25.1. The molecule has 2 amide bonds. The van der Waals surface area contributed by atoms with Gasteiger partial charge >= 0.3 is 12.0 Å². The quantitative estimate of drug-likeness (QED) is 0.880. The lowest BCUT2D eigenvalue weighted by Gasteiger charge is -2.18. The van der Waals surface area contributed by atoms with Gasteiger partial charge in [0.2, 0.25) is 0 Å². The Balaban J connectivity index is 1.69. The number of carboxylic acid groups (broad SMARTS) is 1. The highest BCUT2D eigenvalue weighted by atomic mass is 35.5. The van der Waals surface area contributed by atoms with Crippen LogP contribution in [0, 0.1) is 11.8 Å². The summed E-state index contributed by atoms with van der Waals surface area (Å²) in [6, 6.07) is 4.16. The Morgan fingerprint density at radius 3 is 2.48 bits per heavy atom. The fourth-order valence-electron chi connectivity index (χ4n) is 3.39. The molecule has 5 nitrogen and oxygen atoms in total. The van der Waals surface area contributed by atoms with Crippen LogP contribution in [-0.2, 0) is 0 Å². The minimum absolute atomic E-state index is 0.0658. The van der Waals surface area contributed by atoms with Crippen molar-refractivity contribution in [3.05, 3.63) is 28.8 Å². The van der Waals surface area contributed by atoms with Gasteiger partial charge in [0.25, 0.3) is 0 Å². The van der Waals surface area contributed by atoms with E-state index in [4.69, 9.17) is 16.7 Å². The number of carbonyl (C=O) groups is 2. The zero-order valence-electron chi connectivity index (χ0n) is 11.5. The maximum Gasteiger partial charge on any atom is 0.335 e. The number of nitrogens with zero attached hydrogens (tertiary/aromatic N) is 1. The maximum absolute atomic E-state index is 12.3. The summed E-state index contributed by atoms with van der Waals surface area (Å²) in [5, 5.41) is 12.0. The van der Waals surface area contributed by atoms with Crippen LogP contribution >= 0.6 is 11.6 Å². The van der Waals surface area contributed by atoms with Crippen LogP contribution in [0.15, 0.2) is 18.2 Å². The first-order valence-corrected chi connectivity index (χ1v) is 7.50. The molecule has 1 aliphatic heterocycles. The number of hydrogen-bond donors (Lipinski definition) is 2. The van der Waals surface area contributed by atoms with Gasteiger partial charge < -0.3 is 15.3 Å². The van der Waals surface area contributed by atoms with Crippen LogP contribution in [0.4, 0.5) is 10.5 Å². The van der Waals surface area contributed by atoms with E-state index in [0.29, 0.717) is 22.5 Å². The van der Waals surface area contributed by atoms with Crippen LogP contribution < -0.4 is 5.32 Å². The van der Waals surface area contributed by atoms with Crippen molar-refractivity contribution in [2.75, 3.05) is 18.4 Å². The molecule has 2 aliphatic rings. The number of carbonyl (C=O) groups excluding carboxylic acids is 1. The van der Waals surface area contributed by atoms with Gasteiger partial charge in [-0.2, -0.15) is 0 Å². The number of hydrogen-bond acceptors (Lipinski definition) is 2. The summed E-state index contributed by atoms with van der Waals surface area (Å²) in [5.41, 5.74) is 0.484. The van der Waals surface area contributed by atoms with E-state index in [2.05, 4.69) is 5.32 Å². The monoisotopic (exact) mass is 308 g/mol. The molecule has 1 aromatic rings. The highest BCUT2D eigenvalue weighted by molar-refractivity contribution is 6.31. The third-order valence-electron chi connectivity index (χ3n) is 4.41. The molecule has 112 valence electrons. The van der Waals surface area contributed by atoms with Crippen LogP contribution in [0.1, 0.15) is 29.6 Å². The molecule has 1 saturated carbocycles. The van der Waals surface area contributed by atoms with E-state index in [-0.39, 0.29) is 11.6 Å². The second-order valence-electron chi connectivity index (χ2n) is 5.82. The average Bonchev–Trinajstić information content (AvgIpc) is 2.98. The standard InChI is InChI=1S/C15H17ClN2O3/c16-12-4-11(14(19)20)5-13(6-12)17-15(21)18-7-9-2-1-3-10(9)8-18/h4-6,9-10H,1-3,7-8H2,(H,17,21)(H,19,20). The van der Waals surface area contributed by atoms with Crippen molar-refractivity contribution in [2.24, 2.45) is 11.8 Å². The van der Waals surface area contributed by atoms with Gasteiger partial charge in [0.05, 0.1) is 5.56 Å². The number of aromatic carboxylic acids is 1. The predicted octanol–water partition coefficient (Wildman–Crippen LogP) is 3.30. The Morgan fingerprint density at radius 1 is 1.19 bits per heavy atom. The van der Waals surface area contributed by atoms with Crippen molar-refractivity contribution in [1.82, 2.24) is 4.90 Å². The van der Waals surface area contributed by atoms with Crippen LogP contribution in [-0.4, -0.2) is 35.1 Å². The average molecular weight is 309 g/mol. The van der Waals surface area contributed by atoms with Crippen LogP contribution in [0.2, 0.25) is 5.02 Å². The summed E-state index contributed by atoms with van der Waals surface area (Å²) in [6.07, 6.45) is 3.67. The molecular weight excluding hydrogens is 292 g/mol. The van der Waals surface area contributed by atoms with E-state index in [1.54, 1.807) is 6.07 Å². The maximum atomic E-state index is 12.3. The summed E-state index contributed by atoms with van der Waals surface area (Å²) < 4.78 is 0. The number of urea groups is 1. The third-order valence-corrected chi connectivity index (χ3v) is 4.63. The van der Waals surface area contributed by atoms with Crippen LogP contribution in [0.3, 0.4) is 0 Å². The normalized spacial score (nSPS) is 24.0. The first-order chi connectivity index (χ1) is 10.0. The van der Waals surface area contributed by atoms with E-state index in [1.807, 2.05) is 4.90 Å². The van der Waals surface area contributed by atoms with Gasteiger partial charge in [0.15, 0.2) is 0 Å². The van der Waals surface area contributed by atoms with Crippen molar-refractivity contribution >= 4 is 29.3 Å². The Bertz CT molecular complexity index is 578. The molecule has 2 N–H and O–H groups in total. The second kappa shape index (κ2) is 5.56. The fourth-order valence-corrected chi connectivity index (χ4v) is 3.62. The Hall–Kier alpha value is -1.75. The molecule has 0 aromatic heterocycles. The second-order valence-corrected chi connectivity index (χ2v) is 6.26. The Kier molecular flexibility index (Phi) is 3.76. The van der Waals surface area contributed by atoms with Gasteiger partial charge in [-0.25, -0.2) is 9.59 Å². The molecule has 3 rings (SSSR count). The van der Waals surface area contributed by atoms with Crippen LogP contribution in [0.5, 0.6) is 0 Å². The number of benzene rings is 1. The molecule has 2 unspecified atom stereocenters. The summed E-state index contributed by atoms with van der Waals surface area (Å²) in [5.74, 6) is 0.193. The summed E-state index contributed by atoms with van der Waals surface area (Å²) >= 11 is 5.89. The van der Waals surface area contributed by atoms with E-state index in [0.717, 1.165) is 13.1 Å². The van der Waals surface area contributed by atoms with Gasteiger partial charge in [-0.1, -0.05) is 18.0 Å². The van der Waals surface area contributed by atoms with Crippen molar-refractivity contribution in [2.45, 2.75) is 19.3 Å². The molecule has 0 spiro atoms. The largest absolute Gasteiger partial charge is 0.478 e. The SMILES string of the molecule is O=C(O)c1cc(Cl)cc(NC(=O)N2CC3CCCC3C2)c1. The molecule has 0 radical (unpaired) electrons. The van der Waals surface area contributed by atoms with E-state index in [1.165, 1.54) is 31.4 Å². The van der Waals surface area contributed by atoms with Gasteiger partial charge in [0, 0.05) is 23.8 Å². The first kappa shape index (κ1) is 14.2. The van der Waals surface area contributed by atoms with Gasteiger partial charge in [-0.05, 0) is 42.9 Å². The predicted molar refractivity (Wildman–Crippen MR) is 79.8 cm³/mol. The number of carboxylic acids is 1. The Labute approximate surface area is 127 Å². The molecule has 1 saturated heterocycles. The zero-order valence-corrected chi connectivity index (χ0v) is 12.3. The van der Waals surface area contributed by atoms with Crippen molar-refractivity contribution in [3.8, 4) is 0 Å². The lowest BCUT2D eigenvalue weighted by molar-refractivity contribution is 0.0697. The lowest BCUT2D eigenvalue weighted by Crippen LogP contribution is -2.33. The van der Waals surface area contributed by atoms with E-state index < -0.39 is 5.97 Å². The third kappa shape index (κ3) is 2.97. The number of likely N-dealkylation sites (tertiary alicyclic amines) is 1. The number of amides is 2. The van der Waals surface area contributed by atoms with Gasteiger partial charge in [-0.3, -0.25) is 0 Å². The van der Waals surface area contributed by atoms with Crippen molar-refractivity contribution in [1.29, 1.82) is 0 Å². The lowest BCUT2D eigenvalue weighted by atomic mass is 10.0. The molecule has 2 atom stereocenters. The minimum Gasteiger partial charge on any atom is -0.478 e. The number of anilines is 1. The first-order valence-electron chi connectivity index (χ1n) is 7.13. The molecule has 21 heavy (non-hydrogen) atoms. The Morgan fingerprint density at radius 2 is 1.86 bits per heavy atom. The van der Waals surface area contributed by atoms with Crippen molar-refractivity contribution < 1.29 is 14.7 Å². The number of halogens is 1. The topological polar surface area (TPSA) is 69.6 Å². The fraction of sp³-hybridized carbons (Fsp3) is 0.467. The molecule has 1 aliphatic carbocycles. The highest BCUT2D eigenvalue weighted by Gasteiger charge is 2.38. The molecule has 2 fully saturated rings. The van der Waals surface area contributed by atoms with Gasteiger partial charge in [-0.15, -0.1) is 0 Å². The number of fused-ring (bicyclic) bond motifs is 1. The van der Waals surface area contributed by atoms with Crippen LogP contribution in [0.25, 0.3) is 0 Å². The summed E-state index contributed by atoms with van der Waals surface area (Å²) in [7, 11) is 0. The number of rotatable bonds is 2.